The van der Waals surface area contributed by atoms with Gasteiger partial charge in [-0.05, 0) is 44.3 Å². The molecule has 90 valence electrons. The number of aryl methyl sites for hydroxylation is 1. The molecule has 0 amide bonds. The van der Waals surface area contributed by atoms with Crippen molar-refractivity contribution in [2.45, 2.75) is 25.8 Å². The van der Waals surface area contributed by atoms with Crippen LogP contribution in [0.25, 0.3) is 0 Å². The van der Waals surface area contributed by atoms with Crippen LogP contribution in [0.1, 0.15) is 30.0 Å². The topological polar surface area (TPSA) is 38.0 Å². The molecule has 16 heavy (non-hydrogen) atoms. The van der Waals surface area contributed by atoms with Crippen LogP contribution in [0, 0.1) is 12.8 Å². The van der Waals surface area contributed by atoms with Gasteiger partial charge in [0.1, 0.15) is 0 Å². The fourth-order valence-electron chi connectivity index (χ4n) is 2.26. The van der Waals surface area contributed by atoms with Crippen molar-refractivity contribution in [1.82, 2.24) is 5.32 Å². The molecular weight excluding hydrogens is 220 g/mol. The standard InChI is InChI=1S/C13H20N2.ClH/c1-10-2-4-11(5-3-10)13(14)12-6-8-15-9-7-12;/h2-5,12-13,15H,6-9,14H2,1H3;1H/t13-;/m0./s1. The number of hydrogen-bond donors (Lipinski definition) is 2. The second-order valence-electron chi connectivity index (χ2n) is 4.52. The minimum atomic E-state index is 0. The molecule has 1 heterocycles. The Balaban J connectivity index is 0.00000128. The van der Waals surface area contributed by atoms with Crippen LogP contribution in [0.4, 0.5) is 0 Å². The van der Waals surface area contributed by atoms with E-state index in [1.165, 1.54) is 24.0 Å². The molecule has 1 aliphatic rings. The zero-order chi connectivity index (χ0) is 10.7. The van der Waals surface area contributed by atoms with Crippen LogP contribution in [-0.2, 0) is 0 Å². The maximum atomic E-state index is 6.29. The van der Waals surface area contributed by atoms with Crippen molar-refractivity contribution < 1.29 is 0 Å². The summed E-state index contributed by atoms with van der Waals surface area (Å²) in [5, 5.41) is 3.37. The van der Waals surface area contributed by atoms with E-state index in [-0.39, 0.29) is 18.4 Å². The summed E-state index contributed by atoms with van der Waals surface area (Å²) >= 11 is 0. The molecule has 0 unspecified atom stereocenters. The van der Waals surface area contributed by atoms with Gasteiger partial charge >= 0.3 is 0 Å². The molecule has 1 atom stereocenters. The van der Waals surface area contributed by atoms with Crippen molar-refractivity contribution in [3.8, 4) is 0 Å². The zero-order valence-corrected chi connectivity index (χ0v) is 10.6. The SMILES string of the molecule is Cc1ccc([C@H](N)C2CCNCC2)cc1.Cl. The highest BCUT2D eigenvalue weighted by Crippen LogP contribution is 2.26. The summed E-state index contributed by atoms with van der Waals surface area (Å²) in [6, 6.07) is 8.85. The molecule has 0 spiro atoms. The first-order chi connectivity index (χ1) is 7.27. The maximum Gasteiger partial charge on any atom is 0.0324 e. The lowest BCUT2D eigenvalue weighted by molar-refractivity contribution is 0.322. The Morgan fingerprint density at radius 1 is 1.19 bits per heavy atom. The van der Waals surface area contributed by atoms with Crippen molar-refractivity contribution in [1.29, 1.82) is 0 Å². The first-order valence-corrected chi connectivity index (χ1v) is 5.80. The van der Waals surface area contributed by atoms with Gasteiger partial charge in [0, 0.05) is 6.04 Å². The molecule has 3 heteroatoms. The van der Waals surface area contributed by atoms with Gasteiger partial charge in [-0.15, -0.1) is 12.4 Å². The summed E-state index contributed by atoms with van der Waals surface area (Å²) in [7, 11) is 0. The number of rotatable bonds is 2. The van der Waals surface area contributed by atoms with Crippen molar-refractivity contribution in [3.05, 3.63) is 35.4 Å². The average Bonchev–Trinajstić information content (AvgIpc) is 2.30. The van der Waals surface area contributed by atoms with E-state index in [2.05, 4.69) is 36.5 Å². The Morgan fingerprint density at radius 2 is 1.75 bits per heavy atom. The first-order valence-electron chi connectivity index (χ1n) is 5.80. The van der Waals surface area contributed by atoms with Crippen molar-refractivity contribution in [2.24, 2.45) is 11.7 Å². The summed E-state index contributed by atoms with van der Waals surface area (Å²) in [6.07, 6.45) is 2.41. The molecule has 0 aliphatic carbocycles. The monoisotopic (exact) mass is 240 g/mol. The van der Waals surface area contributed by atoms with E-state index in [4.69, 9.17) is 5.73 Å². The Bertz CT molecular complexity index is 304. The lowest BCUT2D eigenvalue weighted by atomic mass is 9.86. The number of piperidine rings is 1. The number of nitrogens with two attached hydrogens (primary N) is 1. The van der Waals surface area contributed by atoms with Crippen molar-refractivity contribution in [3.63, 3.8) is 0 Å². The van der Waals surface area contributed by atoms with Crippen LogP contribution in [0.3, 0.4) is 0 Å². The van der Waals surface area contributed by atoms with Crippen LogP contribution < -0.4 is 11.1 Å². The molecular formula is C13H21ClN2. The predicted molar refractivity (Wildman–Crippen MR) is 70.9 cm³/mol. The highest BCUT2D eigenvalue weighted by Gasteiger charge is 2.21. The van der Waals surface area contributed by atoms with Gasteiger partial charge in [-0.25, -0.2) is 0 Å². The van der Waals surface area contributed by atoms with Gasteiger partial charge in [-0.1, -0.05) is 29.8 Å². The predicted octanol–water partition coefficient (Wildman–Crippen LogP) is 2.42. The molecule has 0 aromatic heterocycles. The second-order valence-corrected chi connectivity index (χ2v) is 4.52. The lowest BCUT2D eigenvalue weighted by Crippen LogP contribution is -2.33. The van der Waals surface area contributed by atoms with E-state index in [0.29, 0.717) is 5.92 Å². The quantitative estimate of drug-likeness (QED) is 0.833. The molecule has 2 nitrogen and oxygen atoms in total. The number of halogens is 1. The Morgan fingerprint density at radius 3 is 2.31 bits per heavy atom. The number of benzene rings is 1. The molecule has 1 fully saturated rings. The normalized spacial score (nSPS) is 18.9. The van der Waals surface area contributed by atoms with E-state index in [9.17, 15) is 0 Å². The fraction of sp³-hybridized carbons (Fsp3) is 0.538. The van der Waals surface area contributed by atoms with Gasteiger partial charge < -0.3 is 11.1 Å². The van der Waals surface area contributed by atoms with Gasteiger partial charge in [0.05, 0.1) is 0 Å². The van der Waals surface area contributed by atoms with E-state index >= 15 is 0 Å². The van der Waals surface area contributed by atoms with Crippen LogP contribution in [-0.4, -0.2) is 13.1 Å². The molecule has 0 saturated carbocycles. The smallest absolute Gasteiger partial charge is 0.0324 e. The third kappa shape index (κ3) is 3.21. The van der Waals surface area contributed by atoms with E-state index in [1.54, 1.807) is 0 Å². The maximum absolute atomic E-state index is 6.29. The van der Waals surface area contributed by atoms with Gasteiger partial charge in [-0.2, -0.15) is 0 Å². The molecule has 0 radical (unpaired) electrons. The average molecular weight is 241 g/mol. The number of nitrogens with one attached hydrogen (secondary N) is 1. The second kappa shape index (κ2) is 6.24. The molecule has 2 rings (SSSR count). The molecule has 1 saturated heterocycles. The molecule has 1 aromatic rings. The largest absolute Gasteiger partial charge is 0.324 e. The Kier molecular flexibility index (Phi) is 5.26. The minimum Gasteiger partial charge on any atom is -0.324 e. The van der Waals surface area contributed by atoms with E-state index < -0.39 is 0 Å². The van der Waals surface area contributed by atoms with Crippen LogP contribution >= 0.6 is 12.4 Å². The van der Waals surface area contributed by atoms with E-state index in [1.807, 2.05) is 0 Å². The lowest BCUT2D eigenvalue weighted by Gasteiger charge is -2.28. The van der Waals surface area contributed by atoms with Gasteiger partial charge in [0.25, 0.3) is 0 Å². The molecule has 0 bridgehead atoms. The summed E-state index contributed by atoms with van der Waals surface area (Å²) in [6.45, 7) is 4.34. The Labute approximate surface area is 104 Å². The Hall–Kier alpha value is -0.570. The third-order valence-corrected chi connectivity index (χ3v) is 3.35. The van der Waals surface area contributed by atoms with E-state index in [0.717, 1.165) is 13.1 Å². The van der Waals surface area contributed by atoms with Gasteiger partial charge in [0.15, 0.2) is 0 Å². The highest BCUT2D eigenvalue weighted by atomic mass is 35.5. The summed E-state index contributed by atoms with van der Waals surface area (Å²) in [5.74, 6) is 0.647. The van der Waals surface area contributed by atoms with Crippen molar-refractivity contribution in [2.75, 3.05) is 13.1 Å². The highest BCUT2D eigenvalue weighted by molar-refractivity contribution is 5.85. The summed E-state index contributed by atoms with van der Waals surface area (Å²) in [5.41, 5.74) is 8.88. The van der Waals surface area contributed by atoms with Crippen LogP contribution in [0.15, 0.2) is 24.3 Å². The summed E-state index contributed by atoms with van der Waals surface area (Å²) in [4.78, 5) is 0. The van der Waals surface area contributed by atoms with Crippen LogP contribution in [0.2, 0.25) is 0 Å². The molecule has 1 aromatic carbocycles. The molecule has 1 aliphatic heterocycles. The molecule has 3 N–H and O–H groups in total. The minimum absolute atomic E-state index is 0. The van der Waals surface area contributed by atoms with Crippen LogP contribution in [0.5, 0.6) is 0 Å². The zero-order valence-electron chi connectivity index (χ0n) is 9.78. The van der Waals surface area contributed by atoms with Gasteiger partial charge in [-0.3, -0.25) is 0 Å². The summed E-state index contributed by atoms with van der Waals surface area (Å²) < 4.78 is 0. The first kappa shape index (κ1) is 13.5. The van der Waals surface area contributed by atoms with Gasteiger partial charge in [0.2, 0.25) is 0 Å². The third-order valence-electron chi connectivity index (χ3n) is 3.35. The fourth-order valence-corrected chi connectivity index (χ4v) is 2.26. The number of hydrogen-bond acceptors (Lipinski definition) is 2. The van der Waals surface area contributed by atoms with Crippen molar-refractivity contribution >= 4 is 12.4 Å².